The van der Waals surface area contributed by atoms with Crippen molar-refractivity contribution in [2.24, 2.45) is 7.05 Å². The van der Waals surface area contributed by atoms with Crippen molar-refractivity contribution in [3.05, 3.63) is 76.0 Å². The molecule has 0 aliphatic carbocycles. The van der Waals surface area contributed by atoms with Crippen LogP contribution in [0.3, 0.4) is 0 Å². The van der Waals surface area contributed by atoms with Gasteiger partial charge in [0.05, 0.1) is 6.54 Å². The average molecular weight is 293 g/mol. The van der Waals surface area contributed by atoms with Crippen LogP contribution in [0, 0.1) is 13.8 Å². The summed E-state index contributed by atoms with van der Waals surface area (Å²) in [7, 11) is 1.68. The Morgan fingerprint density at radius 2 is 1.73 bits per heavy atom. The van der Waals surface area contributed by atoms with E-state index in [1.54, 1.807) is 11.6 Å². The van der Waals surface area contributed by atoms with Gasteiger partial charge in [-0.15, -0.1) is 0 Å². The Bertz CT molecular complexity index is 860. The molecular formula is C18H19N3O. The second kappa shape index (κ2) is 5.64. The number of rotatable bonds is 3. The Kier molecular flexibility index (Phi) is 3.67. The lowest BCUT2D eigenvalue weighted by atomic mass is 10.00. The van der Waals surface area contributed by atoms with E-state index in [9.17, 15) is 4.79 Å². The van der Waals surface area contributed by atoms with Crippen LogP contribution in [0.4, 0.5) is 0 Å². The highest BCUT2D eigenvalue weighted by Gasteiger charge is 2.10. The predicted molar refractivity (Wildman–Crippen MR) is 87.9 cm³/mol. The molecule has 0 bridgehead atoms. The summed E-state index contributed by atoms with van der Waals surface area (Å²) >= 11 is 0. The molecule has 4 heteroatoms. The van der Waals surface area contributed by atoms with Gasteiger partial charge < -0.3 is 0 Å². The summed E-state index contributed by atoms with van der Waals surface area (Å²) < 4.78 is 3.09. The van der Waals surface area contributed by atoms with E-state index in [0.29, 0.717) is 6.54 Å². The minimum absolute atomic E-state index is 0.0815. The summed E-state index contributed by atoms with van der Waals surface area (Å²) in [4.78, 5) is 12.1. The third-order valence-corrected chi connectivity index (χ3v) is 3.98. The van der Waals surface area contributed by atoms with Gasteiger partial charge in [-0.3, -0.25) is 4.57 Å². The molecule has 0 N–H and O–H groups in total. The normalized spacial score (nSPS) is 10.9. The lowest BCUT2D eigenvalue weighted by Crippen LogP contribution is -2.23. The van der Waals surface area contributed by atoms with Crippen molar-refractivity contribution in [2.75, 3.05) is 0 Å². The van der Waals surface area contributed by atoms with E-state index in [4.69, 9.17) is 0 Å². The van der Waals surface area contributed by atoms with Crippen LogP contribution in [0.5, 0.6) is 0 Å². The van der Waals surface area contributed by atoms with Gasteiger partial charge in [0.15, 0.2) is 0 Å². The molecule has 0 saturated carbocycles. The number of aryl methyl sites for hydroxylation is 3. The molecule has 0 saturated heterocycles. The Balaban J connectivity index is 2.02. The van der Waals surface area contributed by atoms with E-state index in [1.807, 2.05) is 25.1 Å². The number of nitrogens with zero attached hydrogens (tertiary/aromatic N) is 3. The van der Waals surface area contributed by atoms with Crippen molar-refractivity contribution in [1.82, 2.24) is 14.3 Å². The predicted octanol–water partition coefficient (Wildman–Crippen LogP) is 2.91. The molecule has 22 heavy (non-hydrogen) atoms. The number of hydrogen-bond donors (Lipinski definition) is 0. The van der Waals surface area contributed by atoms with Crippen LogP contribution >= 0.6 is 0 Å². The fourth-order valence-corrected chi connectivity index (χ4v) is 2.63. The van der Waals surface area contributed by atoms with Crippen LogP contribution in [0.25, 0.3) is 11.1 Å². The topological polar surface area (TPSA) is 39.8 Å². The lowest BCUT2D eigenvalue weighted by Gasteiger charge is -2.10. The zero-order valence-corrected chi connectivity index (χ0v) is 13.1. The van der Waals surface area contributed by atoms with Crippen LogP contribution in [0.1, 0.15) is 17.0 Å². The molecule has 0 unspecified atom stereocenters. The van der Waals surface area contributed by atoms with E-state index >= 15 is 0 Å². The van der Waals surface area contributed by atoms with Crippen LogP contribution in [0.15, 0.2) is 53.3 Å². The molecule has 0 atom stereocenters. The second-order valence-electron chi connectivity index (χ2n) is 5.55. The van der Waals surface area contributed by atoms with E-state index < -0.39 is 0 Å². The standard InChI is InChI=1S/C18H19N3O/c1-13-9-10-16(15-7-5-4-6-8-15)11-17(13)12-21-14(2)19-20(3)18(21)22/h4-11H,12H2,1-3H3. The van der Waals surface area contributed by atoms with E-state index in [1.165, 1.54) is 15.8 Å². The highest BCUT2D eigenvalue weighted by atomic mass is 16.2. The van der Waals surface area contributed by atoms with Gasteiger partial charge in [-0.05, 0) is 42.2 Å². The zero-order valence-electron chi connectivity index (χ0n) is 13.1. The Hall–Kier alpha value is -2.62. The third-order valence-electron chi connectivity index (χ3n) is 3.98. The molecule has 3 rings (SSSR count). The lowest BCUT2D eigenvalue weighted by molar-refractivity contribution is 0.688. The first-order valence-corrected chi connectivity index (χ1v) is 7.31. The molecule has 2 aromatic carbocycles. The summed E-state index contributed by atoms with van der Waals surface area (Å²) in [6.45, 7) is 4.48. The first-order valence-electron chi connectivity index (χ1n) is 7.31. The van der Waals surface area contributed by atoms with E-state index in [2.05, 4.69) is 42.4 Å². The molecule has 112 valence electrons. The fraction of sp³-hybridized carbons (Fsp3) is 0.222. The second-order valence-corrected chi connectivity index (χ2v) is 5.55. The quantitative estimate of drug-likeness (QED) is 0.745. The summed E-state index contributed by atoms with van der Waals surface area (Å²) in [6, 6.07) is 16.6. The molecule has 0 aliphatic rings. The third kappa shape index (κ3) is 2.60. The Morgan fingerprint density at radius 1 is 1.00 bits per heavy atom. The van der Waals surface area contributed by atoms with Crippen LogP contribution in [0.2, 0.25) is 0 Å². The van der Waals surface area contributed by atoms with Crippen molar-refractivity contribution in [2.45, 2.75) is 20.4 Å². The maximum atomic E-state index is 12.1. The van der Waals surface area contributed by atoms with E-state index in [0.717, 1.165) is 17.0 Å². The molecule has 0 radical (unpaired) electrons. The van der Waals surface area contributed by atoms with E-state index in [-0.39, 0.29) is 5.69 Å². The summed E-state index contributed by atoms with van der Waals surface area (Å²) in [5, 5.41) is 4.18. The monoisotopic (exact) mass is 293 g/mol. The van der Waals surface area contributed by atoms with Gasteiger partial charge in [-0.1, -0.05) is 42.5 Å². The maximum absolute atomic E-state index is 12.1. The first-order chi connectivity index (χ1) is 10.6. The number of hydrogen-bond acceptors (Lipinski definition) is 2. The highest BCUT2D eigenvalue weighted by molar-refractivity contribution is 5.64. The molecule has 0 aliphatic heterocycles. The minimum atomic E-state index is -0.0815. The molecule has 3 aromatic rings. The maximum Gasteiger partial charge on any atom is 0.345 e. The van der Waals surface area contributed by atoms with Crippen molar-refractivity contribution in [3.8, 4) is 11.1 Å². The zero-order chi connectivity index (χ0) is 15.7. The van der Waals surface area contributed by atoms with Crippen molar-refractivity contribution >= 4 is 0 Å². The Labute approximate surface area is 129 Å². The van der Waals surface area contributed by atoms with Gasteiger partial charge in [0.2, 0.25) is 0 Å². The average Bonchev–Trinajstić information content (AvgIpc) is 2.76. The highest BCUT2D eigenvalue weighted by Crippen LogP contribution is 2.22. The van der Waals surface area contributed by atoms with Crippen molar-refractivity contribution in [1.29, 1.82) is 0 Å². The number of benzene rings is 2. The van der Waals surface area contributed by atoms with Gasteiger partial charge in [-0.2, -0.15) is 5.10 Å². The smallest absolute Gasteiger partial charge is 0.275 e. The largest absolute Gasteiger partial charge is 0.345 e. The summed E-state index contributed by atoms with van der Waals surface area (Å²) in [5.74, 6) is 0.733. The fourth-order valence-electron chi connectivity index (χ4n) is 2.63. The van der Waals surface area contributed by atoms with Crippen molar-refractivity contribution < 1.29 is 0 Å². The van der Waals surface area contributed by atoms with Crippen LogP contribution < -0.4 is 5.69 Å². The molecule has 0 fully saturated rings. The van der Waals surface area contributed by atoms with Gasteiger partial charge in [0.1, 0.15) is 5.82 Å². The molecule has 1 heterocycles. The van der Waals surface area contributed by atoms with Crippen LogP contribution in [-0.2, 0) is 13.6 Å². The molecule has 1 aromatic heterocycles. The van der Waals surface area contributed by atoms with Gasteiger partial charge in [0.25, 0.3) is 0 Å². The number of aromatic nitrogens is 3. The first kappa shape index (κ1) is 14.3. The molecule has 0 spiro atoms. The molecule has 0 amide bonds. The minimum Gasteiger partial charge on any atom is -0.275 e. The van der Waals surface area contributed by atoms with Crippen molar-refractivity contribution in [3.63, 3.8) is 0 Å². The Morgan fingerprint density at radius 3 is 2.36 bits per heavy atom. The summed E-state index contributed by atoms with van der Waals surface area (Å²) in [5.41, 5.74) is 4.58. The molecule has 4 nitrogen and oxygen atoms in total. The molecular weight excluding hydrogens is 274 g/mol. The van der Waals surface area contributed by atoms with Gasteiger partial charge in [-0.25, -0.2) is 9.48 Å². The van der Waals surface area contributed by atoms with Gasteiger partial charge >= 0.3 is 5.69 Å². The van der Waals surface area contributed by atoms with Crippen LogP contribution in [-0.4, -0.2) is 14.3 Å². The summed E-state index contributed by atoms with van der Waals surface area (Å²) in [6.07, 6.45) is 0. The SMILES string of the molecule is Cc1ccc(-c2ccccc2)cc1Cn1c(C)nn(C)c1=O. The van der Waals surface area contributed by atoms with Gasteiger partial charge in [0, 0.05) is 7.05 Å².